The second-order valence-electron chi connectivity index (χ2n) is 4.96. The van der Waals surface area contributed by atoms with Gasteiger partial charge in [-0.15, -0.1) is 0 Å². The van der Waals surface area contributed by atoms with Crippen molar-refractivity contribution in [2.45, 2.75) is 6.42 Å². The van der Waals surface area contributed by atoms with Crippen LogP contribution in [0.15, 0.2) is 55.0 Å². The molecule has 0 aliphatic carbocycles. The lowest BCUT2D eigenvalue weighted by molar-refractivity contribution is 0.0953. The van der Waals surface area contributed by atoms with Crippen LogP contribution in [0, 0.1) is 0 Å². The van der Waals surface area contributed by atoms with E-state index in [9.17, 15) is 4.79 Å². The van der Waals surface area contributed by atoms with Crippen LogP contribution in [0.3, 0.4) is 0 Å². The third-order valence-electron chi connectivity index (χ3n) is 3.51. The Balaban J connectivity index is 1.57. The molecule has 112 valence electrons. The number of rotatable bonds is 5. The van der Waals surface area contributed by atoms with Crippen LogP contribution in [0.25, 0.3) is 5.65 Å². The Bertz CT molecular complexity index is 778. The zero-order valence-corrected chi connectivity index (χ0v) is 12.3. The quantitative estimate of drug-likeness (QED) is 0.786. The number of nitrogens with zero attached hydrogens (tertiary/aromatic N) is 2. The molecule has 2 heterocycles. The summed E-state index contributed by atoms with van der Waals surface area (Å²) in [6.07, 6.45) is 6.10. The van der Waals surface area contributed by atoms with Crippen molar-refractivity contribution in [3.63, 3.8) is 0 Å². The van der Waals surface area contributed by atoms with Crippen LogP contribution in [0.4, 0.5) is 0 Å². The van der Waals surface area contributed by atoms with E-state index in [0.717, 1.165) is 23.4 Å². The fourth-order valence-electron chi connectivity index (χ4n) is 2.27. The average molecular weight is 295 g/mol. The molecule has 22 heavy (non-hydrogen) atoms. The van der Waals surface area contributed by atoms with E-state index in [1.807, 2.05) is 40.9 Å². The Morgan fingerprint density at radius 3 is 2.82 bits per heavy atom. The molecule has 5 nitrogen and oxygen atoms in total. The maximum Gasteiger partial charge on any atom is 0.252 e. The van der Waals surface area contributed by atoms with Crippen LogP contribution in [-0.2, 0) is 6.42 Å². The summed E-state index contributed by atoms with van der Waals surface area (Å²) < 4.78 is 6.95. The first-order valence-electron chi connectivity index (χ1n) is 7.10. The number of pyridine rings is 1. The summed E-state index contributed by atoms with van der Waals surface area (Å²) in [6.45, 7) is 0.590. The lowest BCUT2D eigenvalue weighted by atomic mass is 10.1. The highest BCUT2D eigenvalue weighted by Gasteiger charge is 2.06. The predicted molar refractivity (Wildman–Crippen MR) is 84.2 cm³/mol. The van der Waals surface area contributed by atoms with Gasteiger partial charge in [0.05, 0.1) is 12.7 Å². The van der Waals surface area contributed by atoms with Crippen LogP contribution >= 0.6 is 0 Å². The summed E-state index contributed by atoms with van der Waals surface area (Å²) in [5.74, 6) is 0.755. The van der Waals surface area contributed by atoms with Crippen molar-refractivity contribution < 1.29 is 9.53 Å². The zero-order valence-electron chi connectivity index (χ0n) is 12.3. The fraction of sp³-hybridized carbons (Fsp3) is 0.176. The number of imidazole rings is 1. The van der Waals surface area contributed by atoms with Gasteiger partial charge >= 0.3 is 0 Å². The van der Waals surface area contributed by atoms with E-state index in [2.05, 4.69) is 10.3 Å². The number of hydrogen-bond donors (Lipinski definition) is 1. The lowest BCUT2D eigenvalue weighted by Crippen LogP contribution is -2.25. The molecule has 0 unspecified atom stereocenters. The highest BCUT2D eigenvalue weighted by molar-refractivity contribution is 5.94. The highest BCUT2D eigenvalue weighted by Crippen LogP contribution is 2.11. The fourth-order valence-corrected chi connectivity index (χ4v) is 2.27. The molecule has 0 aliphatic heterocycles. The largest absolute Gasteiger partial charge is 0.497 e. The first kappa shape index (κ1) is 14.1. The van der Waals surface area contributed by atoms with Crippen molar-refractivity contribution in [3.8, 4) is 5.75 Å². The van der Waals surface area contributed by atoms with Crippen molar-refractivity contribution >= 4 is 11.6 Å². The molecule has 1 N–H and O–H groups in total. The van der Waals surface area contributed by atoms with Crippen LogP contribution in [0.1, 0.15) is 15.9 Å². The molecule has 3 rings (SSSR count). The normalized spacial score (nSPS) is 10.6. The number of fused-ring (bicyclic) bond motifs is 1. The number of benzene rings is 1. The van der Waals surface area contributed by atoms with E-state index < -0.39 is 0 Å². The maximum atomic E-state index is 12.1. The van der Waals surface area contributed by atoms with Gasteiger partial charge in [-0.1, -0.05) is 12.1 Å². The molecule has 0 bridgehead atoms. The van der Waals surface area contributed by atoms with E-state index in [4.69, 9.17) is 4.74 Å². The number of ether oxygens (including phenoxy) is 1. The number of carbonyl (C=O) groups is 1. The van der Waals surface area contributed by atoms with Crippen LogP contribution in [0.5, 0.6) is 5.75 Å². The summed E-state index contributed by atoms with van der Waals surface area (Å²) in [6, 6.07) is 11.5. The number of nitrogens with one attached hydrogen (secondary N) is 1. The molecule has 0 fully saturated rings. The molecule has 2 aromatic heterocycles. The molecule has 0 saturated carbocycles. The van der Waals surface area contributed by atoms with E-state index >= 15 is 0 Å². The van der Waals surface area contributed by atoms with E-state index in [0.29, 0.717) is 12.1 Å². The molecule has 3 aromatic rings. The molecule has 0 saturated heterocycles. The topological polar surface area (TPSA) is 55.6 Å². The molecule has 0 aliphatic rings. The Kier molecular flexibility index (Phi) is 4.05. The van der Waals surface area contributed by atoms with Crippen LogP contribution < -0.4 is 10.1 Å². The molecule has 0 spiro atoms. The maximum absolute atomic E-state index is 12.1. The van der Waals surface area contributed by atoms with Gasteiger partial charge in [0.2, 0.25) is 0 Å². The Labute approximate surface area is 128 Å². The highest BCUT2D eigenvalue weighted by atomic mass is 16.5. The third kappa shape index (κ3) is 3.09. The van der Waals surface area contributed by atoms with Crippen molar-refractivity contribution in [1.82, 2.24) is 14.7 Å². The van der Waals surface area contributed by atoms with Crippen molar-refractivity contribution in [1.29, 1.82) is 0 Å². The van der Waals surface area contributed by atoms with E-state index in [1.165, 1.54) is 0 Å². The smallest absolute Gasteiger partial charge is 0.252 e. The van der Waals surface area contributed by atoms with Crippen LogP contribution in [0.2, 0.25) is 0 Å². The predicted octanol–water partition coefficient (Wildman–Crippen LogP) is 2.32. The summed E-state index contributed by atoms with van der Waals surface area (Å²) in [5.41, 5.74) is 2.61. The van der Waals surface area contributed by atoms with Gasteiger partial charge in [0.25, 0.3) is 5.91 Å². The van der Waals surface area contributed by atoms with E-state index in [1.54, 1.807) is 25.6 Å². The standard InChI is InChI=1S/C17H17N3O2/c1-22-15-5-2-13(3-6-15)8-9-19-17(21)14-4-7-16-18-10-11-20(16)12-14/h2-7,10-12H,8-9H2,1H3,(H,19,21). The molecule has 0 radical (unpaired) electrons. The summed E-state index contributed by atoms with van der Waals surface area (Å²) in [7, 11) is 1.65. The van der Waals surface area contributed by atoms with Gasteiger partial charge in [-0.3, -0.25) is 4.79 Å². The second kappa shape index (κ2) is 6.30. The molecule has 5 heteroatoms. The first-order valence-corrected chi connectivity index (χ1v) is 7.10. The Morgan fingerprint density at radius 2 is 2.05 bits per heavy atom. The van der Waals surface area contributed by atoms with Gasteiger partial charge in [-0.2, -0.15) is 0 Å². The number of aromatic nitrogens is 2. The Morgan fingerprint density at radius 1 is 1.23 bits per heavy atom. The summed E-state index contributed by atoms with van der Waals surface area (Å²) >= 11 is 0. The monoisotopic (exact) mass is 295 g/mol. The number of methoxy groups -OCH3 is 1. The van der Waals surface area contributed by atoms with Gasteiger partial charge in [0.1, 0.15) is 11.4 Å². The van der Waals surface area contributed by atoms with Gasteiger partial charge in [-0.05, 0) is 36.2 Å². The van der Waals surface area contributed by atoms with Crippen molar-refractivity contribution in [2.75, 3.05) is 13.7 Å². The third-order valence-corrected chi connectivity index (χ3v) is 3.51. The molecular formula is C17H17N3O2. The molecule has 1 aromatic carbocycles. The number of amides is 1. The van der Waals surface area contributed by atoms with Crippen molar-refractivity contribution in [2.24, 2.45) is 0 Å². The van der Waals surface area contributed by atoms with Gasteiger partial charge < -0.3 is 14.5 Å². The summed E-state index contributed by atoms with van der Waals surface area (Å²) in [5, 5.41) is 2.93. The summed E-state index contributed by atoms with van der Waals surface area (Å²) in [4.78, 5) is 16.3. The lowest BCUT2D eigenvalue weighted by Gasteiger charge is -2.07. The number of hydrogen-bond acceptors (Lipinski definition) is 3. The van der Waals surface area contributed by atoms with E-state index in [-0.39, 0.29) is 5.91 Å². The van der Waals surface area contributed by atoms with Gasteiger partial charge in [0.15, 0.2) is 0 Å². The zero-order chi connectivity index (χ0) is 15.4. The molecule has 1 amide bonds. The Hall–Kier alpha value is -2.82. The SMILES string of the molecule is COc1ccc(CCNC(=O)c2ccc3nccn3c2)cc1. The van der Waals surface area contributed by atoms with Gasteiger partial charge in [0, 0.05) is 25.1 Å². The van der Waals surface area contributed by atoms with Gasteiger partial charge in [-0.25, -0.2) is 4.98 Å². The minimum Gasteiger partial charge on any atom is -0.497 e. The van der Waals surface area contributed by atoms with Crippen molar-refractivity contribution in [3.05, 3.63) is 66.1 Å². The number of carbonyl (C=O) groups excluding carboxylic acids is 1. The molecule has 0 atom stereocenters. The first-order chi connectivity index (χ1) is 10.8. The minimum atomic E-state index is -0.0795. The second-order valence-corrected chi connectivity index (χ2v) is 4.96. The minimum absolute atomic E-state index is 0.0795. The molecular weight excluding hydrogens is 278 g/mol. The average Bonchev–Trinajstić information content (AvgIpc) is 3.03. The van der Waals surface area contributed by atoms with Crippen LogP contribution in [-0.4, -0.2) is 28.9 Å².